The van der Waals surface area contributed by atoms with Crippen molar-refractivity contribution in [3.05, 3.63) is 12.2 Å². The first-order chi connectivity index (χ1) is 8.33. The van der Waals surface area contributed by atoms with Crippen LogP contribution in [0.15, 0.2) is 12.2 Å². The number of hydrogen-bond acceptors (Lipinski definition) is 2. The van der Waals surface area contributed by atoms with Gasteiger partial charge in [-0.1, -0.05) is 52.0 Å². The molecular formula is C15H28O2. The smallest absolute Gasteiger partial charge is 0.142 e. The Bertz CT molecular complexity index is 174. The minimum absolute atomic E-state index is 0.750. The summed E-state index contributed by atoms with van der Waals surface area (Å²) in [5.74, 6) is 0. The van der Waals surface area contributed by atoms with E-state index in [4.69, 9.17) is 0 Å². The van der Waals surface area contributed by atoms with Gasteiger partial charge in [0.25, 0.3) is 0 Å². The SMILES string of the molecule is CCCCCC=CC=O.CCCCCCC=O. The summed E-state index contributed by atoms with van der Waals surface area (Å²) in [6.07, 6.45) is 15.6. The molecule has 0 amide bonds. The van der Waals surface area contributed by atoms with Crippen molar-refractivity contribution < 1.29 is 9.59 Å². The monoisotopic (exact) mass is 240 g/mol. The van der Waals surface area contributed by atoms with Crippen LogP contribution >= 0.6 is 0 Å². The van der Waals surface area contributed by atoms with Gasteiger partial charge < -0.3 is 4.79 Å². The molecule has 0 aromatic heterocycles. The van der Waals surface area contributed by atoms with Crippen molar-refractivity contribution in [2.24, 2.45) is 0 Å². The standard InChI is InChI=1S/C8H14O.C7H14O/c1-2-3-4-5-6-7-8-9;1-2-3-4-5-6-7-8/h6-8H,2-5H2,1H3;7H,2-6H2,1H3. The Kier molecular flexibility index (Phi) is 22.2. The van der Waals surface area contributed by atoms with E-state index in [-0.39, 0.29) is 0 Å². The molecule has 2 heteroatoms. The van der Waals surface area contributed by atoms with Gasteiger partial charge in [0.05, 0.1) is 0 Å². The van der Waals surface area contributed by atoms with Gasteiger partial charge in [0, 0.05) is 6.42 Å². The van der Waals surface area contributed by atoms with Gasteiger partial charge in [0.1, 0.15) is 12.6 Å². The molecule has 0 rings (SSSR count). The van der Waals surface area contributed by atoms with Gasteiger partial charge in [-0.05, 0) is 25.3 Å². The largest absolute Gasteiger partial charge is 0.303 e. The molecule has 100 valence electrons. The molecule has 0 aliphatic heterocycles. The summed E-state index contributed by atoms with van der Waals surface area (Å²) in [6, 6.07) is 0. The molecule has 0 aliphatic carbocycles. The topological polar surface area (TPSA) is 34.1 Å². The zero-order chi connectivity index (χ0) is 13.2. The van der Waals surface area contributed by atoms with Crippen molar-refractivity contribution in [2.45, 2.75) is 71.6 Å². The molecule has 0 aromatic carbocycles. The maximum Gasteiger partial charge on any atom is 0.142 e. The van der Waals surface area contributed by atoms with Gasteiger partial charge in [-0.3, -0.25) is 4.79 Å². The van der Waals surface area contributed by atoms with Crippen molar-refractivity contribution >= 4 is 12.6 Å². The Labute approximate surface area is 106 Å². The van der Waals surface area contributed by atoms with Crippen LogP contribution in [-0.4, -0.2) is 12.6 Å². The fourth-order valence-electron chi connectivity index (χ4n) is 1.32. The zero-order valence-electron chi connectivity index (χ0n) is 11.5. The highest BCUT2D eigenvalue weighted by atomic mass is 16.1. The predicted octanol–water partition coefficient (Wildman–Crippen LogP) is 4.48. The molecule has 0 aromatic rings. The third-order valence-corrected chi connectivity index (χ3v) is 2.36. The van der Waals surface area contributed by atoms with Crippen molar-refractivity contribution in [1.82, 2.24) is 0 Å². The fourth-order valence-corrected chi connectivity index (χ4v) is 1.32. The molecule has 0 saturated carbocycles. The van der Waals surface area contributed by atoms with Crippen LogP contribution in [0.3, 0.4) is 0 Å². The normalized spacial score (nSPS) is 9.76. The minimum Gasteiger partial charge on any atom is -0.303 e. The summed E-state index contributed by atoms with van der Waals surface area (Å²) in [6.45, 7) is 4.34. The lowest BCUT2D eigenvalue weighted by molar-refractivity contribution is -0.108. The first-order valence-electron chi connectivity index (χ1n) is 6.87. The molecule has 0 atom stereocenters. The molecule has 0 spiro atoms. The molecule has 0 heterocycles. The average molecular weight is 240 g/mol. The molecule has 0 N–H and O–H groups in total. The summed E-state index contributed by atoms with van der Waals surface area (Å²) in [5.41, 5.74) is 0. The number of carbonyl (C=O) groups is 2. The van der Waals surface area contributed by atoms with E-state index in [1.54, 1.807) is 6.08 Å². The minimum atomic E-state index is 0.750. The third kappa shape index (κ3) is 25.4. The molecule has 0 bridgehead atoms. The Morgan fingerprint density at radius 1 is 0.765 bits per heavy atom. The zero-order valence-corrected chi connectivity index (χ0v) is 11.5. The van der Waals surface area contributed by atoms with E-state index in [0.717, 1.165) is 31.8 Å². The van der Waals surface area contributed by atoms with E-state index >= 15 is 0 Å². The fraction of sp³-hybridized carbons (Fsp3) is 0.733. The summed E-state index contributed by atoms with van der Waals surface area (Å²) < 4.78 is 0. The van der Waals surface area contributed by atoms with E-state index in [9.17, 15) is 9.59 Å². The predicted molar refractivity (Wildman–Crippen MR) is 74.2 cm³/mol. The van der Waals surface area contributed by atoms with Crippen LogP contribution in [0, 0.1) is 0 Å². The Morgan fingerprint density at radius 2 is 1.35 bits per heavy atom. The number of allylic oxidation sites excluding steroid dienone is 2. The summed E-state index contributed by atoms with van der Waals surface area (Å²) in [4.78, 5) is 19.5. The van der Waals surface area contributed by atoms with Crippen LogP contribution in [0.4, 0.5) is 0 Å². The molecule has 2 nitrogen and oxygen atoms in total. The lowest BCUT2D eigenvalue weighted by Crippen LogP contribution is -1.76. The first kappa shape index (κ1) is 18.4. The van der Waals surface area contributed by atoms with Crippen molar-refractivity contribution in [3.8, 4) is 0 Å². The first-order valence-corrected chi connectivity index (χ1v) is 6.87. The van der Waals surface area contributed by atoms with Gasteiger partial charge in [-0.2, -0.15) is 0 Å². The van der Waals surface area contributed by atoms with Crippen LogP contribution in [0.5, 0.6) is 0 Å². The molecule has 0 aliphatic rings. The van der Waals surface area contributed by atoms with Crippen LogP contribution in [0.25, 0.3) is 0 Å². The van der Waals surface area contributed by atoms with Gasteiger partial charge >= 0.3 is 0 Å². The second kappa shape index (κ2) is 20.5. The number of hydrogen-bond donors (Lipinski definition) is 0. The number of unbranched alkanes of at least 4 members (excludes halogenated alkanes) is 7. The van der Waals surface area contributed by atoms with Crippen molar-refractivity contribution in [3.63, 3.8) is 0 Å². The number of carbonyl (C=O) groups excluding carboxylic acids is 2. The lowest BCUT2D eigenvalue weighted by Gasteiger charge is -1.90. The third-order valence-electron chi connectivity index (χ3n) is 2.36. The second-order valence-electron chi connectivity index (χ2n) is 4.08. The summed E-state index contributed by atoms with van der Waals surface area (Å²) in [5, 5.41) is 0. The lowest BCUT2D eigenvalue weighted by atomic mass is 10.2. The molecule has 0 unspecified atom stereocenters. The summed E-state index contributed by atoms with van der Waals surface area (Å²) in [7, 11) is 0. The van der Waals surface area contributed by atoms with Gasteiger partial charge in [0.2, 0.25) is 0 Å². The molecule has 17 heavy (non-hydrogen) atoms. The highest BCUT2D eigenvalue weighted by Crippen LogP contribution is 1.99. The molecule has 0 fully saturated rings. The van der Waals surface area contributed by atoms with Gasteiger partial charge in [-0.15, -0.1) is 0 Å². The quantitative estimate of drug-likeness (QED) is 0.320. The van der Waals surface area contributed by atoms with Gasteiger partial charge in [-0.25, -0.2) is 0 Å². The number of rotatable bonds is 10. The van der Waals surface area contributed by atoms with Crippen LogP contribution < -0.4 is 0 Å². The number of aldehydes is 2. The average Bonchev–Trinajstić information content (AvgIpc) is 2.36. The molecule has 0 radical (unpaired) electrons. The Morgan fingerprint density at radius 3 is 1.88 bits per heavy atom. The van der Waals surface area contributed by atoms with E-state index in [1.807, 2.05) is 6.08 Å². The second-order valence-corrected chi connectivity index (χ2v) is 4.08. The Balaban J connectivity index is 0. The summed E-state index contributed by atoms with van der Waals surface area (Å²) >= 11 is 0. The molecule has 0 saturated heterocycles. The highest BCUT2D eigenvalue weighted by Gasteiger charge is 1.83. The van der Waals surface area contributed by atoms with E-state index in [2.05, 4.69) is 13.8 Å². The van der Waals surface area contributed by atoms with Crippen LogP contribution in [-0.2, 0) is 9.59 Å². The molecular weight excluding hydrogens is 212 g/mol. The maximum atomic E-state index is 9.77. The van der Waals surface area contributed by atoms with Gasteiger partial charge in [0.15, 0.2) is 0 Å². The van der Waals surface area contributed by atoms with Crippen molar-refractivity contribution in [2.75, 3.05) is 0 Å². The van der Waals surface area contributed by atoms with Crippen LogP contribution in [0.2, 0.25) is 0 Å². The van der Waals surface area contributed by atoms with Crippen molar-refractivity contribution in [1.29, 1.82) is 0 Å². The van der Waals surface area contributed by atoms with E-state index in [1.165, 1.54) is 38.5 Å². The van der Waals surface area contributed by atoms with Crippen LogP contribution in [0.1, 0.15) is 71.6 Å². The maximum absolute atomic E-state index is 9.77. The van der Waals surface area contributed by atoms with E-state index in [0.29, 0.717) is 0 Å². The van der Waals surface area contributed by atoms with E-state index < -0.39 is 0 Å². The highest BCUT2D eigenvalue weighted by molar-refractivity contribution is 5.64. The Hall–Kier alpha value is -0.920.